The van der Waals surface area contributed by atoms with Crippen molar-refractivity contribution in [2.45, 2.75) is 31.0 Å². The third-order valence-corrected chi connectivity index (χ3v) is 5.11. The molecule has 0 aromatic carbocycles. The van der Waals surface area contributed by atoms with Crippen molar-refractivity contribution in [1.82, 2.24) is 4.31 Å². The van der Waals surface area contributed by atoms with E-state index in [0.29, 0.717) is 25.3 Å². The van der Waals surface area contributed by atoms with Gasteiger partial charge in [0.25, 0.3) is 0 Å². The molecule has 0 bridgehead atoms. The number of furan rings is 1. The van der Waals surface area contributed by atoms with E-state index in [1.807, 2.05) is 0 Å². The predicted molar refractivity (Wildman–Crippen MR) is 63.5 cm³/mol. The lowest BCUT2D eigenvalue weighted by atomic mass is 10.3. The fourth-order valence-electron chi connectivity index (χ4n) is 2.11. The number of hydrogen-bond donors (Lipinski definition) is 1. The van der Waals surface area contributed by atoms with E-state index in [2.05, 4.69) is 0 Å². The molecule has 0 amide bonds. The molecule has 18 heavy (non-hydrogen) atoms. The first-order valence-electron chi connectivity index (χ1n) is 5.72. The summed E-state index contributed by atoms with van der Waals surface area (Å²) in [5.74, 6) is 0.563. The van der Waals surface area contributed by atoms with Crippen LogP contribution in [0.15, 0.2) is 15.4 Å². The molecule has 1 fully saturated rings. The Labute approximate surface area is 106 Å². The van der Waals surface area contributed by atoms with E-state index in [0.717, 1.165) is 0 Å². The summed E-state index contributed by atoms with van der Waals surface area (Å²) in [6.07, 6.45) is 0.642. The van der Waals surface area contributed by atoms with Crippen LogP contribution in [0.2, 0.25) is 0 Å². The molecule has 1 saturated heterocycles. The van der Waals surface area contributed by atoms with Crippen molar-refractivity contribution in [3.63, 3.8) is 0 Å². The van der Waals surface area contributed by atoms with E-state index in [1.165, 1.54) is 10.4 Å². The van der Waals surface area contributed by atoms with E-state index < -0.39 is 10.0 Å². The zero-order chi connectivity index (χ0) is 13.3. The van der Waals surface area contributed by atoms with E-state index in [-0.39, 0.29) is 23.4 Å². The largest absolute Gasteiger partial charge is 0.462 e. The van der Waals surface area contributed by atoms with Gasteiger partial charge in [0.1, 0.15) is 23.0 Å². The number of rotatable bonds is 4. The molecule has 0 spiro atoms. The van der Waals surface area contributed by atoms with E-state index >= 15 is 0 Å². The third kappa shape index (κ3) is 2.31. The standard InChI is InChI=1S/C11H17NO5S/c1-8-11(5-10(7-13)17-8)18(14,15)12-4-3-9(6-12)16-2/h5,9,13H,3-4,6-7H2,1-2H3. The van der Waals surface area contributed by atoms with Gasteiger partial charge in [0.05, 0.1) is 6.10 Å². The van der Waals surface area contributed by atoms with E-state index in [9.17, 15) is 8.42 Å². The van der Waals surface area contributed by atoms with Gasteiger partial charge >= 0.3 is 0 Å². The number of aliphatic hydroxyl groups is 1. The SMILES string of the molecule is COC1CCN(S(=O)(=O)c2cc(CO)oc2C)C1. The number of aryl methyl sites for hydroxylation is 1. The summed E-state index contributed by atoms with van der Waals surface area (Å²) >= 11 is 0. The van der Waals surface area contributed by atoms with Crippen LogP contribution in [0.1, 0.15) is 17.9 Å². The van der Waals surface area contributed by atoms with Crippen LogP contribution in [-0.2, 0) is 21.4 Å². The number of aliphatic hydroxyl groups excluding tert-OH is 1. The summed E-state index contributed by atoms with van der Waals surface area (Å²) < 4.78 is 36.5. The monoisotopic (exact) mass is 275 g/mol. The number of nitrogens with zero attached hydrogens (tertiary/aromatic N) is 1. The fourth-order valence-corrected chi connectivity index (χ4v) is 3.78. The Kier molecular flexibility index (Phi) is 3.76. The number of ether oxygens (including phenoxy) is 1. The van der Waals surface area contributed by atoms with Gasteiger partial charge in [-0.1, -0.05) is 0 Å². The second-order valence-electron chi connectivity index (χ2n) is 4.30. The zero-order valence-electron chi connectivity index (χ0n) is 10.4. The molecule has 0 saturated carbocycles. The van der Waals surface area contributed by atoms with Crippen molar-refractivity contribution in [3.05, 3.63) is 17.6 Å². The van der Waals surface area contributed by atoms with Crippen molar-refractivity contribution in [3.8, 4) is 0 Å². The highest BCUT2D eigenvalue weighted by Gasteiger charge is 2.34. The smallest absolute Gasteiger partial charge is 0.246 e. The van der Waals surface area contributed by atoms with Gasteiger partial charge in [-0.15, -0.1) is 0 Å². The molecule has 1 aromatic rings. The maximum atomic E-state index is 12.4. The van der Waals surface area contributed by atoms with Gasteiger partial charge < -0.3 is 14.3 Å². The second-order valence-corrected chi connectivity index (χ2v) is 6.21. The van der Waals surface area contributed by atoms with Gasteiger partial charge in [0.2, 0.25) is 10.0 Å². The molecule has 1 atom stereocenters. The molecular weight excluding hydrogens is 258 g/mol. The van der Waals surface area contributed by atoms with Crippen LogP contribution in [-0.4, -0.2) is 44.1 Å². The van der Waals surface area contributed by atoms with Gasteiger partial charge in [-0.2, -0.15) is 4.31 Å². The van der Waals surface area contributed by atoms with Crippen LogP contribution in [0.25, 0.3) is 0 Å². The average molecular weight is 275 g/mol. The Morgan fingerprint density at radius 3 is 2.83 bits per heavy atom. The molecule has 1 N–H and O–H groups in total. The normalized spacial score (nSPS) is 21.6. The number of methoxy groups -OCH3 is 1. The highest BCUT2D eigenvalue weighted by Crippen LogP contribution is 2.26. The third-order valence-electron chi connectivity index (χ3n) is 3.14. The summed E-state index contributed by atoms with van der Waals surface area (Å²) in [6.45, 7) is 2.07. The maximum Gasteiger partial charge on any atom is 0.246 e. The van der Waals surface area contributed by atoms with Crippen LogP contribution in [0.3, 0.4) is 0 Å². The molecule has 1 aromatic heterocycles. The minimum atomic E-state index is -3.55. The summed E-state index contributed by atoms with van der Waals surface area (Å²) in [4.78, 5) is 0.128. The van der Waals surface area contributed by atoms with Crippen molar-refractivity contribution in [2.24, 2.45) is 0 Å². The van der Waals surface area contributed by atoms with Gasteiger partial charge in [-0.25, -0.2) is 8.42 Å². The lowest BCUT2D eigenvalue weighted by molar-refractivity contribution is 0.115. The van der Waals surface area contributed by atoms with Crippen molar-refractivity contribution >= 4 is 10.0 Å². The highest BCUT2D eigenvalue weighted by molar-refractivity contribution is 7.89. The second kappa shape index (κ2) is 5.00. The Morgan fingerprint density at radius 1 is 1.61 bits per heavy atom. The first kappa shape index (κ1) is 13.5. The van der Waals surface area contributed by atoms with Gasteiger partial charge in [-0.3, -0.25) is 0 Å². The molecular formula is C11H17NO5S. The molecule has 6 nitrogen and oxygen atoms in total. The molecule has 2 heterocycles. The summed E-state index contributed by atoms with van der Waals surface area (Å²) in [5.41, 5.74) is 0. The Morgan fingerprint density at radius 2 is 2.33 bits per heavy atom. The van der Waals surface area contributed by atoms with Crippen LogP contribution >= 0.6 is 0 Å². The van der Waals surface area contributed by atoms with Crippen LogP contribution in [0.4, 0.5) is 0 Å². The minimum Gasteiger partial charge on any atom is -0.462 e. The van der Waals surface area contributed by atoms with Crippen LogP contribution < -0.4 is 0 Å². The molecule has 0 aliphatic carbocycles. The molecule has 2 rings (SSSR count). The minimum absolute atomic E-state index is 0.0516. The lowest BCUT2D eigenvalue weighted by Crippen LogP contribution is -2.30. The van der Waals surface area contributed by atoms with Crippen LogP contribution in [0, 0.1) is 6.92 Å². The van der Waals surface area contributed by atoms with Crippen LogP contribution in [0.5, 0.6) is 0 Å². The quantitative estimate of drug-likeness (QED) is 0.865. The Balaban J connectivity index is 2.28. The zero-order valence-corrected chi connectivity index (χ0v) is 11.2. The average Bonchev–Trinajstić information content (AvgIpc) is 2.95. The van der Waals surface area contributed by atoms with E-state index in [1.54, 1.807) is 14.0 Å². The lowest BCUT2D eigenvalue weighted by Gasteiger charge is -2.15. The topological polar surface area (TPSA) is 80.0 Å². The maximum absolute atomic E-state index is 12.4. The molecule has 102 valence electrons. The Hall–Kier alpha value is -0.890. The predicted octanol–water partition coefficient (Wildman–Crippen LogP) is 0.490. The molecule has 0 radical (unpaired) electrons. The molecule has 7 heteroatoms. The Bertz CT molecular complexity index is 522. The molecule has 1 aliphatic rings. The number of hydrogen-bond acceptors (Lipinski definition) is 5. The summed E-state index contributed by atoms with van der Waals surface area (Å²) in [6, 6.07) is 1.38. The van der Waals surface area contributed by atoms with Gasteiger partial charge in [-0.05, 0) is 13.3 Å². The molecule has 1 unspecified atom stereocenters. The highest BCUT2D eigenvalue weighted by atomic mass is 32.2. The first-order valence-corrected chi connectivity index (χ1v) is 7.16. The number of sulfonamides is 1. The first-order chi connectivity index (χ1) is 8.48. The van der Waals surface area contributed by atoms with Gasteiger partial charge in [0, 0.05) is 26.3 Å². The van der Waals surface area contributed by atoms with Crippen molar-refractivity contribution < 1.29 is 22.7 Å². The van der Waals surface area contributed by atoms with Gasteiger partial charge in [0.15, 0.2) is 0 Å². The summed E-state index contributed by atoms with van der Waals surface area (Å²) in [7, 11) is -1.98. The fraction of sp³-hybridized carbons (Fsp3) is 0.636. The molecule has 1 aliphatic heterocycles. The van der Waals surface area contributed by atoms with E-state index in [4.69, 9.17) is 14.3 Å². The van der Waals surface area contributed by atoms with Crippen molar-refractivity contribution in [2.75, 3.05) is 20.2 Å². The summed E-state index contributed by atoms with van der Waals surface area (Å²) in [5, 5.41) is 8.96. The van der Waals surface area contributed by atoms with Crippen molar-refractivity contribution in [1.29, 1.82) is 0 Å².